The van der Waals surface area contributed by atoms with Crippen LogP contribution in [-0.2, 0) is 16.1 Å². The number of nitrogens with zero attached hydrogens (tertiary/aromatic N) is 2. The van der Waals surface area contributed by atoms with Crippen LogP contribution in [0.3, 0.4) is 0 Å². The first-order chi connectivity index (χ1) is 10.6. The number of thioether (sulfide) groups is 1. The molecule has 0 aliphatic carbocycles. The Balaban J connectivity index is 2.28. The van der Waals surface area contributed by atoms with Crippen LogP contribution >= 0.6 is 11.8 Å². The molecule has 1 aromatic carbocycles. The normalized spacial score (nSPS) is 10.8. The lowest BCUT2D eigenvalue weighted by atomic mass is 10.2. The van der Waals surface area contributed by atoms with Crippen molar-refractivity contribution < 1.29 is 9.53 Å². The molecule has 118 valence electrons. The van der Waals surface area contributed by atoms with Crippen LogP contribution in [0.2, 0.25) is 0 Å². The summed E-state index contributed by atoms with van der Waals surface area (Å²) in [6.07, 6.45) is 0. The first kappa shape index (κ1) is 16.5. The smallest absolute Gasteiger partial charge is 0.262 e. The average molecular weight is 321 g/mol. The number of hydrogen-bond acceptors (Lipinski definition) is 5. The van der Waals surface area contributed by atoms with Gasteiger partial charge in [0.25, 0.3) is 5.56 Å². The Morgan fingerprint density at radius 3 is 2.91 bits per heavy atom. The molecule has 0 radical (unpaired) electrons. The fraction of sp³-hybridized carbons (Fsp3) is 0.400. The largest absolute Gasteiger partial charge is 0.383 e. The molecule has 0 aliphatic rings. The van der Waals surface area contributed by atoms with Gasteiger partial charge in [-0.05, 0) is 12.1 Å². The van der Waals surface area contributed by atoms with Crippen molar-refractivity contribution in [2.75, 3.05) is 26.0 Å². The van der Waals surface area contributed by atoms with Crippen LogP contribution in [0.5, 0.6) is 0 Å². The maximum atomic E-state index is 12.6. The molecule has 0 fully saturated rings. The van der Waals surface area contributed by atoms with Gasteiger partial charge in [0.1, 0.15) is 0 Å². The van der Waals surface area contributed by atoms with E-state index in [2.05, 4.69) is 10.3 Å². The summed E-state index contributed by atoms with van der Waals surface area (Å²) in [6.45, 7) is 2.91. The highest BCUT2D eigenvalue weighted by atomic mass is 32.2. The molecule has 0 spiro atoms. The maximum Gasteiger partial charge on any atom is 0.262 e. The monoisotopic (exact) mass is 321 g/mol. The van der Waals surface area contributed by atoms with Crippen molar-refractivity contribution >= 4 is 28.6 Å². The van der Waals surface area contributed by atoms with Crippen molar-refractivity contribution in [1.29, 1.82) is 0 Å². The minimum atomic E-state index is -0.0659. The molecular formula is C15H19N3O3S. The predicted molar refractivity (Wildman–Crippen MR) is 87.3 cm³/mol. The zero-order valence-corrected chi connectivity index (χ0v) is 13.5. The Bertz CT molecular complexity index is 715. The summed E-state index contributed by atoms with van der Waals surface area (Å²) in [5.41, 5.74) is 0.618. The first-order valence-corrected chi connectivity index (χ1v) is 7.98. The third-order valence-electron chi connectivity index (χ3n) is 3.05. The Kier molecular flexibility index (Phi) is 5.97. The van der Waals surface area contributed by atoms with Crippen molar-refractivity contribution in [2.45, 2.75) is 18.6 Å². The Hall–Kier alpha value is -1.86. The van der Waals surface area contributed by atoms with E-state index < -0.39 is 0 Å². The van der Waals surface area contributed by atoms with Crippen LogP contribution in [0, 0.1) is 0 Å². The third kappa shape index (κ3) is 4.08. The van der Waals surface area contributed by atoms with Crippen molar-refractivity contribution in [3.63, 3.8) is 0 Å². The zero-order valence-electron chi connectivity index (χ0n) is 12.7. The lowest BCUT2D eigenvalue weighted by molar-refractivity contribution is -0.118. The molecule has 0 unspecified atom stereocenters. The molecule has 1 N–H and O–H groups in total. The highest BCUT2D eigenvalue weighted by Gasteiger charge is 2.11. The van der Waals surface area contributed by atoms with Crippen molar-refractivity contribution in [1.82, 2.24) is 14.9 Å². The van der Waals surface area contributed by atoms with E-state index in [1.54, 1.807) is 17.7 Å². The van der Waals surface area contributed by atoms with E-state index in [1.807, 2.05) is 18.2 Å². The van der Waals surface area contributed by atoms with Crippen LogP contribution in [-0.4, -0.2) is 41.5 Å². The second-order valence-corrected chi connectivity index (χ2v) is 5.75. The van der Waals surface area contributed by atoms with Crippen molar-refractivity contribution in [2.24, 2.45) is 0 Å². The van der Waals surface area contributed by atoms with Gasteiger partial charge in [-0.1, -0.05) is 23.9 Å². The number of carbonyl (C=O) groups excluding carboxylic acids is 1. The van der Waals surface area contributed by atoms with Crippen LogP contribution in [0.25, 0.3) is 10.9 Å². The molecule has 1 aromatic heterocycles. The van der Waals surface area contributed by atoms with Crippen LogP contribution in [0.4, 0.5) is 0 Å². The van der Waals surface area contributed by atoms with Gasteiger partial charge in [-0.3, -0.25) is 14.2 Å². The lowest BCUT2D eigenvalue weighted by Gasteiger charge is -2.12. The number of methoxy groups -OCH3 is 1. The molecule has 22 heavy (non-hydrogen) atoms. The Labute approximate surface area is 132 Å². The van der Waals surface area contributed by atoms with Gasteiger partial charge in [0.05, 0.1) is 24.1 Å². The van der Waals surface area contributed by atoms with Crippen molar-refractivity contribution in [3.8, 4) is 0 Å². The fourth-order valence-corrected chi connectivity index (χ4v) is 2.89. The number of fused-ring (bicyclic) bond motifs is 1. The van der Waals surface area contributed by atoms with E-state index in [9.17, 15) is 9.59 Å². The number of amides is 1. The molecule has 0 bridgehead atoms. The average Bonchev–Trinajstić information content (AvgIpc) is 2.51. The molecule has 2 rings (SSSR count). The lowest BCUT2D eigenvalue weighted by Crippen LogP contribution is -2.26. The quantitative estimate of drug-likeness (QED) is 0.472. The van der Waals surface area contributed by atoms with E-state index >= 15 is 0 Å². The summed E-state index contributed by atoms with van der Waals surface area (Å²) < 4.78 is 6.70. The number of para-hydroxylation sites is 1. The zero-order chi connectivity index (χ0) is 15.9. The van der Waals surface area contributed by atoms with Gasteiger partial charge in [0.2, 0.25) is 5.91 Å². The van der Waals surface area contributed by atoms with Gasteiger partial charge in [-0.25, -0.2) is 4.98 Å². The number of aromatic nitrogens is 2. The van der Waals surface area contributed by atoms with E-state index in [-0.39, 0.29) is 11.5 Å². The highest BCUT2D eigenvalue weighted by Crippen LogP contribution is 2.17. The minimum absolute atomic E-state index is 0.0651. The number of ether oxygens (including phenoxy) is 1. The molecule has 0 atom stereocenters. The number of hydrogen-bond donors (Lipinski definition) is 1. The second-order valence-electron chi connectivity index (χ2n) is 4.69. The summed E-state index contributed by atoms with van der Waals surface area (Å²) in [5.74, 6) is 0.584. The minimum Gasteiger partial charge on any atom is -0.383 e. The van der Waals surface area contributed by atoms with E-state index in [0.29, 0.717) is 41.5 Å². The van der Waals surface area contributed by atoms with Gasteiger partial charge in [-0.2, -0.15) is 0 Å². The highest BCUT2D eigenvalue weighted by molar-refractivity contribution is 7.99. The molecule has 6 nitrogen and oxygen atoms in total. The summed E-state index contributed by atoms with van der Waals surface area (Å²) in [7, 11) is 1.60. The summed E-state index contributed by atoms with van der Waals surface area (Å²) in [6, 6.07) is 7.30. The molecule has 0 aliphatic heterocycles. The number of carbonyl (C=O) groups is 1. The van der Waals surface area contributed by atoms with Gasteiger partial charge >= 0.3 is 0 Å². The molecule has 1 amide bonds. The SMILES string of the molecule is COCCn1c(SCCNC(C)=O)nc2ccccc2c1=O. The van der Waals surface area contributed by atoms with Crippen LogP contribution in [0.15, 0.2) is 34.2 Å². The van der Waals surface area contributed by atoms with E-state index in [0.717, 1.165) is 0 Å². The molecule has 0 saturated heterocycles. The molecule has 7 heteroatoms. The van der Waals surface area contributed by atoms with Gasteiger partial charge in [0, 0.05) is 26.3 Å². The predicted octanol–water partition coefficient (Wildman–Crippen LogP) is 1.27. The summed E-state index contributed by atoms with van der Waals surface area (Å²) in [4.78, 5) is 28.0. The number of rotatable bonds is 7. The van der Waals surface area contributed by atoms with E-state index in [1.165, 1.54) is 18.7 Å². The van der Waals surface area contributed by atoms with Crippen molar-refractivity contribution in [3.05, 3.63) is 34.6 Å². The van der Waals surface area contributed by atoms with Gasteiger partial charge < -0.3 is 10.1 Å². The molecule has 0 saturated carbocycles. The topological polar surface area (TPSA) is 73.2 Å². The Morgan fingerprint density at radius 1 is 1.41 bits per heavy atom. The van der Waals surface area contributed by atoms with Crippen LogP contribution < -0.4 is 10.9 Å². The third-order valence-corrected chi connectivity index (χ3v) is 4.03. The van der Waals surface area contributed by atoms with Gasteiger partial charge in [-0.15, -0.1) is 0 Å². The number of nitrogens with one attached hydrogen (secondary N) is 1. The number of benzene rings is 1. The summed E-state index contributed by atoms with van der Waals surface area (Å²) in [5, 5.41) is 3.98. The fourth-order valence-electron chi connectivity index (χ4n) is 2.01. The van der Waals surface area contributed by atoms with E-state index in [4.69, 9.17) is 4.74 Å². The Morgan fingerprint density at radius 2 is 2.18 bits per heavy atom. The standard InChI is InChI=1S/C15H19N3O3S/c1-11(19)16-7-10-22-15-17-13-6-4-3-5-12(13)14(20)18(15)8-9-21-2/h3-6H,7-10H2,1-2H3,(H,16,19). The maximum absolute atomic E-state index is 12.6. The summed E-state index contributed by atoms with van der Waals surface area (Å²) >= 11 is 1.45. The molecule has 2 aromatic rings. The van der Waals surface area contributed by atoms with Gasteiger partial charge in [0.15, 0.2) is 5.16 Å². The van der Waals surface area contributed by atoms with Crippen LogP contribution in [0.1, 0.15) is 6.92 Å². The second kappa shape index (κ2) is 7.95. The molecule has 1 heterocycles. The molecular weight excluding hydrogens is 302 g/mol. The first-order valence-electron chi connectivity index (χ1n) is 6.99.